The van der Waals surface area contributed by atoms with Crippen LogP contribution in [0.1, 0.15) is 18.2 Å². The van der Waals surface area contributed by atoms with E-state index in [0.29, 0.717) is 24.4 Å². The fourth-order valence-electron chi connectivity index (χ4n) is 4.40. The third kappa shape index (κ3) is 6.12. The van der Waals surface area contributed by atoms with Gasteiger partial charge in [-0.05, 0) is 17.6 Å². The lowest BCUT2D eigenvalue weighted by Gasteiger charge is -2.19. The number of hydrogen-bond donors (Lipinski definition) is 2. The van der Waals surface area contributed by atoms with Gasteiger partial charge in [-0.25, -0.2) is 14.8 Å². The van der Waals surface area contributed by atoms with Gasteiger partial charge in [-0.15, -0.1) is 0 Å². The van der Waals surface area contributed by atoms with Crippen molar-refractivity contribution in [2.24, 2.45) is 13.0 Å². The molecule has 11 nitrogen and oxygen atoms in total. The number of allylic oxidation sites excluding steroid dienone is 1. The largest absolute Gasteiger partial charge is 0.445 e. The van der Waals surface area contributed by atoms with Crippen LogP contribution in [0.15, 0.2) is 66.2 Å². The fraction of sp³-hybridized carbons (Fsp3) is 0.321. The molecule has 2 N–H and O–H groups in total. The number of nitrogens with zero attached hydrogens (tertiary/aromatic N) is 6. The van der Waals surface area contributed by atoms with Crippen LogP contribution in [0, 0.1) is 5.92 Å². The number of rotatable bonds is 9. The summed E-state index contributed by atoms with van der Waals surface area (Å²) in [4.78, 5) is 36.0. The molecule has 0 fully saturated rings. The molecule has 5 rings (SSSR count). The molecule has 1 aliphatic rings. The molecule has 40 heavy (non-hydrogen) atoms. The number of anilines is 1. The number of hydrogen-bond acceptors (Lipinski definition) is 8. The highest BCUT2D eigenvalue weighted by Gasteiger charge is 2.33. The molecule has 1 aromatic carbocycles. The molecule has 0 saturated heterocycles. The van der Waals surface area contributed by atoms with E-state index in [-0.39, 0.29) is 23.7 Å². The summed E-state index contributed by atoms with van der Waals surface area (Å²) in [5, 5.41) is 11.2. The molecule has 2 atom stereocenters. The van der Waals surface area contributed by atoms with E-state index < -0.39 is 6.09 Å². The highest BCUT2D eigenvalue weighted by Crippen LogP contribution is 2.38. The third-order valence-corrected chi connectivity index (χ3v) is 7.85. The molecule has 3 aromatic heterocycles. The van der Waals surface area contributed by atoms with Crippen LogP contribution in [0.5, 0.6) is 0 Å². The summed E-state index contributed by atoms with van der Waals surface area (Å²) < 4.78 is 9.04. The molecule has 0 spiro atoms. The van der Waals surface area contributed by atoms with Gasteiger partial charge < -0.3 is 20.3 Å². The number of carbonyl (C=O) groups excluding carboxylic acids is 2. The van der Waals surface area contributed by atoms with Crippen molar-refractivity contribution in [2.75, 3.05) is 26.0 Å². The maximum absolute atomic E-state index is 12.6. The zero-order chi connectivity index (χ0) is 28.2. The van der Waals surface area contributed by atoms with E-state index in [1.807, 2.05) is 61.1 Å². The zero-order valence-corrected chi connectivity index (χ0v) is 23.7. The van der Waals surface area contributed by atoms with E-state index >= 15 is 0 Å². The van der Waals surface area contributed by atoms with Crippen LogP contribution in [0.4, 0.5) is 10.6 Å². The molecule has 0 bridgehead atoms. The highest BCUT2D eigenvalue weighted by atomic mass is 32.2. The highest BCUT2D eigenvalue weighted by molar-refractivity contribution is 8.04. The quantitative estimate of drug-likeness (QED) is 0.318. The number of aromatic nitrogens is 5. The first-order chi connectivity index (χ1) is 19.3. The second-order valence-electron chi connectivity index (χ2n) is 9.85. The third-order valence-electron chi connectivity index (χ3n) is 6.48. The zero-order valence-electron chi connectivity index (χ0n) is 22.9. The second-order valence-corrected chi connectivity index (χ2v) is 11.0. The molecule has 0 radical (unpaired) electrons. The van der Waals surface area contributed by atoms with Crippen LogP contribution in [-0.4, -0.2) is 66.9 Å². The minimum Gasteiger partial charge on any atom is -0.445 e. The predicted molar refractivity (Wildman–Crippen MR) is 154 cm³/mol. The van der Waals surface area contributed by atoms with Crippen molar-refractivity contribution in [3.63, 3.8) is 0 Å². The number of alkyl carbamates (subject to hydrolysis) is 1. The number of benzene rings is 1. The van der Waals surface area contributed by atoms with Gasteiger partial charge in [0, 0.05) is 52.1 Å². The summed E-state index contributed by atoms with van der Waals surface area (Å²) in [5.41, 5.74) is 4.10. The average molecular weight is 561 g/mol. The predicted octanol–water partition coefficient (Wildman–Crippen LogP) is 3.69. The Morgan fingerprint density at radius 2 is 1.95 bits per heavy atom. The van der Waals surface area contributed by atoms with Gasteiger partial charge >= 0.3 is 6.09 Å². The van der Waals surface area contributed by atoms with Gasteiger partial charge in [-0.3, -0.25) is 13.9 Å². The van der Waals surface area contributed by atoms with Crippen LogP contribution >= 0.6 is 11.8 Å². The normalized spacial score (nSPS) is 16.6. The number of fused-ring (bicyclic) bond motifs is 1. The van der Waals surface area contributed by atoms with Crippen molar-refractivity contribution >= 4 is 35.2 Å². The Balaban J connectivity index is 1.34. The molecule has 4 aromatic rings. The van der Waals surface area contributed by atoms with Gasteiger partial charge in [0.1, 0.15) is 6.61 Å². The first-order valence-electron chi connectivity index (χ1n) is 13.0. The smallest absolute Gasteiger partial charge is 0.407 e. The summed E-state index contributed by atoms with van der Waals surface area (Å²) in [6.45, 7) is 2.58. The Bertz CT molecular complexity index is 1550. The van der Waals surface area contributed by atoms with E-state index in [1.165, 1.54) is 11.8 Å². The molecular formula is C28H32N8O3S. The van der Waals surface area contributed by atoms with Crippen LogP contribution < -0.4 is 10.6 Å². The van der Waals surface area contributed by atoms with Crippen LogP contribution in [0.3, 0.4) is 0 Å². The lowest BCUT2D eigenvalue weighted by molar-refractivity contribution is -0.128. The van der Waals surface area contributed by atoms with Crippen molar-refractivity contribution in [3.8, 4) is 11.3 Å². The van der Waals surface area contributed by atoms with Crippen LogP contribution in [-0.2, 0) is 29.6 Å². The number of nitrogens with one attached hydrogen (secondary N) is 2. The lowest BCUT2D eigenvalue weighted by atomic mass is 10.1. The van der Waals surface area contributed by atoms with E-state index in [9.17, 15) is 9.59 Å². The summed E-state index contributed by atoms with van der Waals surface area (Å²) in [6, 6.07) is 9.54. The summed E-state index contributed by atoms with van der Waals surface area (Å²) in [6.07, 6.45) is 9.46. The molecule has 2 amide bonds. The monoisotopic (exact) mass is 560 g/mol. The number of aryl methyl sites for hydroxylation is 1. The molecule has 1 aliphatic heterocycles. The van der Waals surface area contributed by atoms with Gasteiger partial charge in [0.25, 0.3) is 0 Å². The molecule has 0 aliphatic carbocycles. The van der Waals surface area contributed by atoms with Crippen molar-refractivity contribution in [1.29, 1.82) is 0 Å². The first-order valence-corrected chi connectivity index (χ1v) is 13.8. The van der Waals surface area contributed by atoms with Crippen molar-refractivity contribution < 1.29 is 14.3 Å². The average Bonchev–Trinajstić information content (AvgIpc) is 3.65. The SMILES string of the molecule is CC1C=C(Nc2nc(CCNC(=O)OCc3ccccc3)cn3c(-c4cnn(C)c4)cnc23)SC1C(=O)N(C)C. The molecule has 2 unspecified atom stereocenters. The Hall–Kier alpha value is -4.32. The van der Waals surface area contributed by atoms with E-state index in [4.69, 9.17) is 9.72 Å². The van der Waals surface area contributed by atoms with E-state index in [2.05, 4.69) is 26.8 Å². The Morgan fingerprint density at radius 3 is 2.67 bits per heavy atom. The Kier molecular flexibility index (Phi) is 8.06. The van der Waals surface area contributed by atoms with E-state index in [1.54, 1.807) is 36.1 Å². The minimum atomic E-state index is -0.486. The number of imidazole rings is 1. The van der Waals surface area contributed by atoms with Crippen molar-refractivity contribution in [2.45, 2.75) is 25.2 Å². The first kappa shape index (κ1) is 27.3. The second kappa shape index (κ2) is 11.8. The van der Waals surface area contributed by atoms with E-state index in [0.717, 1.165) is 27.5 Å². The Morgan fingerprint density at radius 1 is 1.15 bits per heavy atom. The van der Waals surface area contributed by atoms with Gasteiger partial charge in [-0.1, -0.05) is 49.0 Å². The van der Waals surface area contributed by atoms with Crippen LogP contribution in [0.25, 0.3) is 16.9 Å². The minimum absolute atomic E-state index is 0.0680. The summed E-state index contributed by atoms with van der Waals surface area (Å²) in [5.74, 6) is 0.712. The standard InChI is InChI=1S/C28H32N8O3S/c1-18-12-23(40-24(18)27(37)34(2)3)33-25-26-30-14-22(20-13-31-35(4)15-20)36(26)16-21(32-25)10-11-29-28(38)39-17-19-8-6-5-7-9-19/h5-9,12-16,18,24H,10-11,17H2,1-4H3,(H,29,38)(H,32,33). The molecular weight excluding hydrogens is 528 g/mol. The van der Waals surface area contributed by atoms with Crippen molar-refractivity contribution in [1.82, 2.24) is 34.4 Å². The fourth-order valence-corrected chi connectivity index (χ4v) is 5.73. The summed E-state index contributed by atoms with van der Waals surface area (Å²) in [7, 11) is 5.41. The molecule has 12 heteroatoms. The van der Waals surface area contributed by atoms with Crippen LogP contribution in [0.2, 0.25) is 0 Å². The molecule has 208 valence electrons. The van der Waals surface area contributed by atoms with Gasteiger partial charge in [0.15, 0.2) is 11.5 Å². The number of carbonyl (C=O) groups is 2. The number of amides is 2. The van der Waals surface area contributed by atoms with Gasteiger partial charge in [0.05, 0.1) is 34.1 Å². The number of ether oxygens (including phenoxy) is 1. The van der Waals surface area contributed by atoms with Crippen molar-refractivity contribution in [3.05, 3.63) is 77.5 Å². The lowest BCUT2D eigenvalue weighted by Crippen LogP contribution is -2.33. The molecule has 4 heterocycles. The number of thioether (sulfide) groups is 1. The summed E-state index contributed by atoms with van der Waals surface area (Å²) >= 11 is 1.49. The maximum Gasteiger partial charge on any atom is 0.407 e. The van der Waals surface area contributed by atoms with Gasteiger partial charge in [-0.2, -0.15) is 5.10 Å². The maximum atomic E-state index is 12.6. The van der Waals surface area contributed by atoms with Gasteiger partial charge in [0.2, 0.25) is 5.91 Å². The topological polar surface area (TPSA) is 119 Å². The molecule has 0 saturated carbocycles. The Labute approximate surface area is 236 Å².